The predicted molar refractivity (Wildman–Crippen MR) is 79.6 cm³/mol. The number of aryl methyl sites for hydroxylation is 1. The summed E-state index contributed by atoms with van der Waals surface area (Å²) in [6.07, 6.45) is 0.785. The summed E-state index contributed by atoms with van der Waals surface area (Å²) in [5.41, 5.74) is 7.91. The third-order valence-corrected chi connectivity index (χ3v) is 5.74. The second-order valence-corrected chi connectivity index (χ2v) is 6.80. The van der Waals surface area contributed by atoms with Crippen molar-refractivity contribution in [1.29, 1.82) is 0 Å². The summed E-state index contributed by atoms with van der Waals surface area (Å²) in [5.74, 6) is 0. The number of hydrogen-bond donors (Lipinski definition) is 1. The number of benzene rings is 1. The highest BCUT2D eigenvalue weighted by Gasteiger charge is 2.28. The normalized spacial score (nSPS) is 13.8. The lowest BCUT2D eigenvalue weighted by atomic mass is 10.1. The minimum absolute atomic E-state index is 0.0175. The Kier molecular flexibility index (Phi) is 4.98. The van der Waals surface area contributed by atoms with Crippen LogP contribution in [0.3, 0.4) is 0 Å². The van der Waals surface area contributed by atoms with Gasteiger partial charge in [-0.1, -0.05) is 13.8 Å². The van der Waals surface area contributed by atoms with Gasteiger partial charge >= 0.3 is 0 Å². The van der Waals surface area contributed by atoms with E-state index in [2.05, 4.69) is 0 Å². The van der Waals surface area contributed by atoms with Gasteiger partial charge in [-0.05, 0) is 50.5 Å². The van der Waals surface area contributed by atoms with Crippen molar-refractivity contribution in [2.24, 2.45) is 0 Å². The van der Waals surface area contributed by atoms with Gasteiger partial charge in [0.1, 0.15) is 0 Å². The van der Waals surface area contributed by atoms with Gasteiger partial charge in [0.05, 0.1) is 4.90 Å². The molecule has 5 heteroatoms. The molecule has 1 rings (SSSR count). The van der Waals surface area contributed by atoms with Crippen molar-refractivity contribution in [3.8, 4) is 0 Å². The molecule has 0 aliphatic carbocycles. The van der Waals surface area contributed by atoms with Crippen LogP contribution in [0.4, 0.5) is 5.69 Å². The van der Waals surface area contributed by atoms with Gasteiger partial charge in [0, 0.05) is 18.3 Å². The van der Waals surface area contributed by atoms with Crippen LogP contribution in [0.2, 0.25) is 0 Å². The first-order chi connectivity index (χ1) is 8.75. The molecule has 0 bridgehead atoms. The Morgan fingerprint density at radius 1 is 1.26 bits per heavy atom. The molecule has 0 saturated carbocycles. The second kappa shape index (κ2) is 5.92. The van der Waals surface area contributed by atoms with Crippen LogP contribution >= 0.6 is 0 Å². The van der Waals surface area contributed by atoms with Gasteiger partial charge in [-0.3, -0.25) is 0 Å². The smallest absolute Gasteiger partial charge is 0.243 e. The molecule has 1 unspecified atom stereocenters. The van der Waals surface area contributed by atoms with Crippen LogP contribution in [0.15, 0.2) is 17.0 Å². The maximum absolute atomic E-state index is 12.8. The first kappa shape index (κ1) is 16.0. The van der Waals surface area contributed by atoms with Crippen LogP contribution in [0.5, 0.6) is 0 Å². The largest absolute Gasteiger partial charge is 0.398 e. The van der Waals surface area contributed by atoms with E-state index in [4.69, 9.17) is 5.73 Å². The SMILES string of the molecule is CCC(C)N(CC)S(=O)(=O)c1cc(C)cc(N)c1C. The molecule has 0 aliphatic rings. The summed E-state index contributed by atoms with van der Waals surface area (Å²) in [6.45, 7) is 9.85. The fourth-order valence-electron chi connectivity index (χ4n) is 2.17. The van der Waals surface area contributed by atoms with E-state index in [1.165, 1.54) is 4.31 Å². The average molecular weight is 284 g/mol. The molecule has 0 amide bonds. The highest BCUT2D eigenvalue weighted by molar-refractivity contribution is 7.89. The summed E-state index contributed by atoms with van der Waals surface area (Å²) in [4.78, 5) is 0.326. The molecule has 0 aromatic heterocycles. The number of hydrogen-bond acceptors (Lipinski definition) is 3. The van der Waals surface area contributed by atoms with E-state index in [9.17, 15) is 8.42 Å². The second-order valence-electron chi connectivity index (χ2n) is 4.94. The predicted octanol–water partition coefficient (Wildman–Crippen LogP) is 2.69. The Balaban J connectivity index is 3.42. The Hall–Kier alpha value is -1.07. The van der Waals surface area contributed by atoms with Gasteiger partial charge in [0.2, 0.25) is 10.0 Å². The van der Waals surface area contributed by atoms with Crippen molar-refractivity contribution >= 4 is 15.7 Å². The first-order valence-electron chi connectivity index (χ1n) is 6.64. The van der Waals surface area contributed by atoms with E-state index in [1.807, 2.05) is 27.7 Å². The minimum atomic E-state index is -3.48. The molecule has 0 saturated heterocycles. The van der Waals surface area contributed by atoms with Crippen LogP contribution in [0.25, 0.3) is 0 Å². The number of rotatable bonds is 5. The van der Waals surface area contributed by atoms with Gasteiger partial charge in [-0.25, -0.2) is 8.42 Å². The van der Waals surface area contributed by atoms with Crippen LogP contribution in [-0.2, 0) is 10.0 Å². The van der Waals surface area contributed by atoms with Crippen molar-refractivity contribution in [3.05, 3.63) is 23.3 Å². The van der Waals surface area contributed by atoms with Crippen molar-refractivity contribution in [2.45, 2.75) is 52.0 Å². The van der Waals surface area contributed by atoms with E-state index in [1.54, 1.807) is 19.1 Å². The summed E-state index contributed by atoms with van der Waals surface area (Å²) >= 11 is 0. The lowest BCUT2D eigenvalue weighted by molar-refractivity contribution is 0.342. The highest BCUT2D eigenvalue weighted by atomic mass is 32.2. The van der Waals surface area contributed by atoms with E-state index >= 15 is 0 Å². The zero-order valence-corrected chi connectivity index (χ0v) is 13.2. The lowest BCUT2D eigenvalue weighted by Gasteiger charge is -2.27. The molecule has 2 N–H and O–H groups in total. The molecule has 0 spiro atoms. The number of nitrogens with two attached hydrogens (primary N) is 1. The molecule has 1 aromatic carbocycles. The summed E-state index contributed by atoms with van der Waals surface area (Å²) in [6, 6.07) is 3.48. The van der Waals surface area contributed by atoms with Gasteiger partial charge in [-0.15, -0.1) is 0 Å². The van der Waals surface area contributed by atoms with E-state index in [-0.39, 0.29) is 6.04 Å². The Morgan fingerprint density at radius 2 is 1.84 bits per heavy atom. The van der Waals surface area contributed by atoms with E-state index < -0.39 is 10.0 Å². The number of sulfonamides is 1. The standard InChI is InChI=1S/C14H24N2O2S/c1-6-11(4)16(7-2)19(17,18)14-9-10(3)8-13(15)12(14)5/h8-9,11H,6-7,15H2,1-5H3. The number of nitrogens with zero attached hydrogens (tertiary/aromatic N) is 1. The van der Waals surface area contributed by atoms with Gasteiger partial charge < -0.3 is 5.73 Å². The average Bonchev–Trinajstić information content (AvgIpc) is 2.33. The lowest BCUT2D eigenvalue weighted by Crippen LogP contribution is -2.38. The molecule has 1 aromatic rings. The Bertz CT molecular complexity index is 553. The van der Waals surface area contributed by atoms with Gasteiger partial charge in [-0.2, -0.15) is 4.31 Å². The molecule has 0 heterocycles. The molecule has 4 nitrogen and oxygen atoms in total. The molecule has 0 fully saturated rings. The number of nitrogen functional groups attached to an aromatic ring is 1. The summed E-state index contributed by atoms with van der Waals surface area (Å²) in [7, 11) is -3.48. The molecule has 0 radical (unpaired) electrons. The fraction of sp³-hybridized carbons (Fsp3) is 0.571. The first-order valence-corrected chi connectivity index (χ1v) is 8.08. The van der Waals surface area contributed by atoms with Crippen LogP contribution < -0.4 is 5.73 Å². The van der Waals surface area contributed by atoms with Crippen molar-refractivity contribution in [1.82, 2.24) is 4.31 Å². The summed E-state index contributed by atoms with van der Waals surface area (Å²) in [5, 5.41) is 0. The van der Waals surface area contributed by atoms with Crippen molar-refractivity contribution in [3.63, 3.8) is 0 Å². The third kappa shape index (κ3) is 3.09. The molecular weight excluding hydrogens is 260 g/mol. The molecular formula is C14H24N2O2S. The molecule has 108 valence electrons. The zero-order valence-electron chi connectivity index (χ0n) is 12.4. The zero-order chi connectivity index (χ0) is 14.8. The Labute approximate surface area is 116 Å². The number of anilines is 1. The Morgan fingerprint density at radius 3 is 2.32 bits per heavy atom. The highest BCUT2D eigenvalue weighted by Crippen LogP contribution is 2.27. The fourth-order valence-corrected chi connectivity index (χ4v) is 4.22. The van der Waals surface area contributed by atoms with Crippen LogP contribution in [0, 0.1) is 13.8 Å². The maximum Gasteiger partial charge on any atom is 0.243 e. The van der Waals surface area contributed by atoms with E-state index in [0.29, 0.717) is 22.7 Å². The maximum atomic E-state index is 12.8. The molecule has 19 heavy (non-hydrogen) atoms. The minimum Gasteiger partial charge on any atom is -0.398 e. The van der Waals surface area contributed by atoms with Gasteiger partial charge in [0.25, 0.3) is 0 Å². The van der Waals surface area contributed by atoms with Crippen molar-refractivity contribution in [2.75, 3.05) is 12.3 Å². The monoisotopic (exact) mass is 284 g/mol. The van der Waals surface area contributed by atoms with Crippen molar-refractivity contribution < 1.29 is 8.42 Å². The topological polar surface area (TPSA) is 63.4 Å². The quantitative estimate of drug-likeness (QED) is 0.846. The van der Waals surface area contributed by atoms with E-state index in [0.717, 1.165) is 12.0 Å². The molecule has 1 atom stereocenters. The van der Waals surface area contributed by atoms with Crippen LogP contribution in [0.1, 0.15) is 38.3 Å². The third-order valence-electron chi connectivity index (χ3n) is 3.53. The summed E-state index contributed by atoms with van der Waals surface area (Å²) < 4.78 is 27.1. The molecule has 0 aliphatic heterocycles. The van der Waals surface area contributed by atoms with Gasteiger partial charge in [0.15, 0.2) is 0 Å². The van der Waals surface area contributed by atoms with Crippen LogP contribution in [-0.4, -0.2) is 25.3 Å².